The van der Waals surface area contributed by atoms with Crippen molar-refractivity contribution in [2.45, 2.75) is 33.7 Å². The van der Waals surface area contributed by atoms with E-state index in [-0.39, 0.29) is 5.56 Å². The van der Waals surface area contributed by atoms with Crippen LogP contribution in [0.5, 0.6) is 5.75 Å². The number of nitrogens with one attached hydrogen (secondary N) is 1. The van der Waals surface area contributed by atoms with Crippen molar-refractivity contribution in [3.8, 4) is 5.75 Å². The number of aryl methyl sites for hydroxylation is 1. The molecule has 0 atom stereocenters. The smallest absolute Gasteiger partial charge is 0.258 e. The minimum absolute atomic E-state index is 0.0271. The zero-order valence-electron chi connectivity index (χ0n) is 19.1. The number of benzene rings is 2. The molecule has 2 aromatic carbocycles. The van der Waals surface area contributed by atoms with Crippen LogP contribution in [0, 0.1) is 18.7 Å². The highest BCUT2D eigenvalue weighted by Crippen LogP contribution is 2.26. The minimum Gasteiger partial charge on any atom is -0.493 e. The number of ether oxygens (including phenoxy) is 1. The maximum absolute atomic E-state index is 14.6. The quantitative estimate of drug-likeness (QED) is 0.351. The Labute approximate surface area is 193 Å². The van der Waals surface area contributed by atoms with E-state index in [0.29, 0.717) is 24.0 Å². The Morgan fingerprint density at radius 3 is 2.67 bits per heavy atom. The number of fused-ring (bicyclic) bond motifs is 1. The molecule has 0 fully saturated rings. The van der Waals surface area contributed by atoms with Gasteiger partial charge in [0.1, 0.15) is 11.6 Å². The van der Waals surface area contributed by atoms with Crippen molar-refractivity contribution in [1.29, 1.82) is 0 Å². The van der Waals surface area contributed by atoms with Crippen LogP contribution < -0.4 is 10.1 Å². The fraction of sp³-hybridized carbons (Fsp3) is 0.259. The second-order valence-corrected chi connectivity index (χ2v) is 8.64. The molecule has 1 N–H and O–H groups in total. The molecule has 0 bridgehead atoms. The van der Waals surface area contributed by atoms with Gasteiger partial charge in [0.2, 0.25) is 0 Å². The van der Waals surface area contributed by atoms with E-state index < -0.39 is 11.7 Å². The molecule has 5 nitrogen and oxygen atoms in total. The summed E-state index contributed by atoms with van der Waals surface area (Å²) in [6, 6.07) is 14.2. The van der Waals surface area contributed by atoms with E-state index in [0.717, 1.165) is 35.0 Å². The SMILES string of the molecule is Cc1c(NC(=O)c2ccc(OCCC(C)C)cc2F)ccc2cc(Cn3cccc3)cnc12. The number of rotatable bonds is 8. The van der Waals surface area contributed by atoms with Crippen LogP contribution in [-0.2, 0) is 6.54 Å². The van der Waals surface area contributed by atoms with Gasteiger partial charge in [-0.1, -0.05) is 19.9 Å². The molecule has 4 rings (SSSR count). The minimum atomic E-state index is -0.610. The number of hydrogen-bond donors (Lipinski definition) is 1. The second-order valence-electron chi connectivity index (χ2n) is 8.64. The predicted molar refractivity (Wildman–Crippen MR) is 129 cm³/mol. The van der Waals surface area contributed by atoms with E-state index in [4.69, 9.17) is 4.74 Å². The molecule has 2 aromatic heterocycles. The Hall–Kier alpha value is -3.67. The number of halogens is 1. The molecule has 1 amide bonds. The first-order chi connectivity index (χ1) is 15.9. The number of carbonyl (C=O) groups excluding carboxylic acids is 1. The summed E-state index contributed by atoms with van der Waals surface area (Å²) < 4.78 is 22.2. The highest BCUT2D eigenvalue weighted by molar-refractivity contribution is 6.06. The van der Waals surface area contributed by atoms with Gasteiger partial charge in [0.25, 0.3) is 5.91 Å². The highest BCUT2D eigenvalue weighted by Gasteiger charge is 2.15. The van der Waals surface area contributed by atoms with E-state index in [1.54, 1.807) is 6.07 Å². The molecule has 33 heavy (non-hydrogen) atoms. The first-order valence-corrected chi connectivity index (χ1v) is 11.1. The van der Waals surface area contributed by atoms with Crippen LogP contribution in [0.1, 0.15) is 41.8 Å². The van der Waals surface area contributed by atoms with Gasteiger partial charge >= 0.3 is 0 Å². The van der Waals surface area contributed by atoms with Crippen molar-refractivity contribution in [3.63, 3.8) is 0 Å². The summed E-state index contributed by atoms with van der Waals surface area (Å²) in [7, 11) is 0. The molecule has 0 saturated carbocycles. The number of aromatic nitrogens is 2. The third-order valence-corrected chi connectivity index (χ3v) is 5.59. The Balaban J connectivity index is 1.48. The molecule has 0 spiro atoms. The molecule has 0 aliphatic rings. The Kier molecular flexibility index (Phi) is 6.73. The summed E-state index contributed by atoms with van der Waals surface area (Å²) in [6.07, 6.45) is 6.75. The highest BCUT2D eigenvalue weighted by atomic mass is 19.1. The van der Waals surface area contributed by atoms with Crippen molar-refractivity contribution >= 4 is 22.5 Å². The molecule has 170 valence electrons. The van der Waals surface area contributed by atoms with Crippen LogP contribution in [0.3, 0.4) is 0 Å². The first kappa shape index (κ1) is 22.5. The Morgan fingerprint density at radius 2 is 1.94 bits per heavy atom. The van der Waals surface area contributed by atoms with Crippen molar-refractivity contribution in [2.75, 3.05) is 11.9 Å². The summed E-state index contributed by atoms with van der Waals surface area (Å²) in [5.74, 6) is -0.189. The summed E-state index contributed by atoms with van der Waals surface area (Å²) in [6.45, 7) is 7.36. The number of carbonyl (C=O) groups is 1. The Morgan fingerprint density at radius 1 is 1.15 bits per heavy atom. The maximum Gasteiger partial charge on any atom is 0.258 e. The summed E-state index contributed by atoms with van der Waals surface area (Å²) in [4.78, 5) is 17.4. The summed E-state index contributed by atoms with van der Waals surface area (Å²) >= 11 is 0. The van der Waals surface area contributed by atoms with Crippen LogP contribution in [0.25, 0.3) is 10.9 Å². The van der Waals surface area contributed by atoms with Gasteiger partial charge in [0.15, 0.2) is 0 Å². The van der Waals surface area contributed by atoms with Gasteiger partial charge in [-0.2, -0.15) is 0 Å². The predicted octanol–water partition coefficient (Wildman–Crippen LogP) is 6.21. The van der Waals surface area contributed by atoms with E-state index in [1.165, 1.54) is 12.1 Å². The number of amides is 1. The van der Waals surface area contributed by atoms with E-state index in [1.807, 2.05) is 49.8 Å². The lowest BCUT2D eigenvalue weighted by atomic mass is 10.1. The molecule has 0 aliphatic carbocycles. The van der Waals surface area contributed by atoms with Gasteiger partial charge in [-0.3, -0.25) is 9.78 Å². The van der Waals surface area contributed by atoms with Crippen LogP contribution in [0.4, 0.5) is 10.1 Å². The molecule has 0 saturated heterocycles. The van der Waals surface area contributed by atoms with Gasteiger partial charge in [-0.05, 0) is 66.8 Å². The largest absolute Gasteiger partial charge is 0.493 e. The molecule has 0 unspecified atom stereocenters. The molecule has 2 heterocycles. The van der Waals surface area contributed by atoms with Crippen molar-refractivity contribution < 1.29 is 13.9 Å². The van der Waals surface area contributed by atoms with Gasteiger partial charge < -0.3 is 14.6 Å². The van der Waals surface area contributed by atoms with Crippen LogP contribution in [0.15, 0.2) is 67.1 Å². The standard InChI is InChI=1S/C27H28FN3O2/c1-18(2)10-13-33-22-7-8-23(24(28)15-22)27(32)30-25-9-6-21-14-20(16-29-26(21)19(25)3)17-31-11-4-5-12-31/h4-9,11-12,14-16,18H,10,13,17H2,1-3H3,(H,30,32). The first-order valence-electron chi connectivity index (χ1n) is 11.1. The van der Waals surface area contributed by atoms with Gasteiger partial charge in [0.05, 0.1) is 17.7 Å². The van der Waals surface area contributed by atoms with E-state index in [9.17, 15) is 9.18 Å². The number of pyridine rings is 1. The monoisotopic (exact) mass is 445 g/mol. The molecule has 6 heteroatoms. The molecule has 0 radical (unpaired) electrons. The number of nitrogens with zero attached hydrogens (tertiary/aromatic N) is 2. The lowest BCUT2D eigenvalue weighted by molar-refractivity contribution is 0.102. The Bertz CT molecular complexity index is 1270. The average Bonchev–Trinajstić information content (AvgIpc) is 3.28. The number of hydrogen-bond acceptors (Lipinski definition) is 3. The van der Waals surface area contributed by atoms with Gasteiger partial charge in [-0.15, -0.1) is 0 Å². The van der Waals surface area contributed by atoms with Crippen LogP contribution in [-0.4, -0.2) is 22.1 Å². The third-order valence-electron chi connectivity index (χ3n) is 5.59. The van der Waals surface area contributed by atoms with Crippen molar-refractivity contribution in [2.24, 2.45) is 5.92 Å². The molecular formula is C27H28FN3O2. The van der Waals surface area contributed by atoms with Gasteiger partial charge in [-0.25, -0.2) is 4.39 Å². The summed E-state index contributed by atoms with van der Waals surface area (Å²) in [5.41, 5.74) is 3.31. The normalized spacial score (nSPS) is 11.2. The molecular weight excluding hydrogens is 417 g/mol. The average molecular weight is 446 g/mol. The zero-order valence-corrected chi connectivity index (χ0v) is 19.1. The van der Waals surface area contributed by atoms with E-state index >= 15 is 0 Å². The fourth-order valence-electron chi connectivity index (χ4n) is 3.67. The zero-order chi connectivity index (χ0) is 23.4. The van der Waals surface area contributed by atoms with Crippen LogP contribution in [0.2, 0.25) is 0 Å². The van der Waals surface area contributed by atoms with Crippen LogP contribution >= 0.6 is 0 Å². The van der Waals surface area contributed by atoms with E-state index in [2.05, 4.69) is 34.8 Å². The second kappa shape index (κ2) is 9.86. The topological polar surface area (TPSA) is 56.1 Å². The fourth-order valence-corrected chi connectivity index (χ4v) is 3.67. The van der Waals surface area contributed by atoms with Crippen molar-refractivity contribution in [1.82, 2.24) is 9.55 Å². The lowest BCUT2D eigenvalue weighted by Gasteiger charge is -2.13. The molecule has 0 aliphatic heterocycles. The summed E-state index contributed by atoms with van der Waals surface area (Å²) in [5, 5.41) is 3.81. The lowest BCUT2D eigenvalue weighted by Crippen LogP contribution is -2.15. The van der Waals surface area contributed by atoms with Crippen molar-refractivity contribution in [3.05, 3.63) is 89.6 Å². The number of anilines is 1. The maximum atomic E-state index is 14.6. The van der Waals surface area contributed by atoms with Gasteiger partial charge in [0, 0.05) is 42.3 Å². The third kappa shape index (κ3) is 5.40. The molecule has 4 aromatic rings.